The van der Waals surface area contributed by atoms with Gasteiger partial charge in [-0.1, -0.05) is 12.1 Å². The third-order valence-electron chi connectivity index (χ3n) is 7.33. The van der Waals surface area contributed by atoms with Gasteiger partial charge < -0.3 is 24.6 Å². The molecule has 0 unspecified atom stereocenters. The van der Waals surface area contributed by atoms with E-state index in [0.717, 1.165) is 24.5 Å². The Bertz CT molecular complexity index is 1260. The second kappa shape index (κ2) is 13.4. The van der Waals surface area contributed by atoms with Gasteiger partial charge in [0.15, 0.2) is 0 Å². The Labute approximate surface area is 242 Å². The van der Waals surface area contributed by atoms with Crippen LogP contribution in [0.15, 0.2) is 47.4 Å². The molecule has 2 aliphatic rings. The molecule has 10 nitrogen and oxygen atoms in total. The van der Waals surface area contributed by atoms with E-state index in [2.05, 4.69) is 24.7 Å². The minimum absolute atomic E-state index is 0.140. The Hall–Kier alpha value is -2.57. The minimum Gasteiger partial charge on any atom is -0.495 e. The highest BCUT2D eigenvalue weighted by atomic mass is 35.5. The summed E-state index contributed by atoms with van der Waals surface area (Å²) in [5, 5.41) is 2.85. The first-order valence-electron chi connectivity index (χ1n) is 13.6. The molecule has 1 amide bonds. The zero-order valence-corrected chi connectivity index (χ0v) is 25.1. The Balaban J connectivity index is 1.54. The number of anilines is 3. The molecule has 2 N–H and O–H groups in total. The van der Waals surface area contributed by atoms with Crippen LogP contribution in [-0.4, -0.2) is 97.8 Å². The second-order valence-corrected chi connectivity index (χ2v) is 12.7. The van der Waals surface area contributed by atoms with Gasteiger partial charge in [-0.3, -0.25) is 9.69 Å². The number of para-hydroxylation sites is 2. The van der Waals surface area contributed by atoms with E-state index < -0.39 is 15.4 Å². The van der Waals surface area contributed by atoms with Gasteiger partial charge in [-0.05, 0) is 44.2 Å². The Kier molecular flexibility index (Phi) is 10.2. The summed E-state index contributed by atoms with van der Waals surface area (Å²) in [7, 11) is -2.22. The molecule has 0 bridgehead atoms. The molecule has 2 aromatic rings. The SMILES string of the molecule is COc1ccccc1N1CCN(c2ccc(NC(=O)C(C)(C)CCl)cc2S(=O)(=O)NCCN2CCOCC2)CC1. The van der Waals surface area contributed by atoms with Crippen LogP contribution in [0.4, 0.5) is 17.1 Å². The first kappa shape index (κ1) is 30.4. The number of morpholine rings is 1. The predicted octanol–water partition coefficient (Wildman–Crippen LogP) is 2.84. The number of amides is 1. The van der Waals surface area contributed by atoms with Crippen LogP contribution in [0.1, 0.15) is 13.8 Å². The number of ether oxygens (including phenoxy) is 2. The summed E-state index contributed by atoms with van der Waals surface area (Å²) in [6.07, 6.45) is 0. The molecule has 0 aliphatic carbocycles. The number of rotatable bonds is 11. The number of carbonyl (C=O) groups excluding carboxylic acids is 1. The molecule has 0 saturated carbocycles. The monoisotopic (exact) mass is 593 g/mol. The van der Waals surface area contributed by atoms with Gasteiger partial charge in [0, 0.05) is 63.9 Å². The lowest BCUT2D eigenvalue weighted by Crippen LogP contribution is -2.47. The smallest absolute Gasteiger partial charge is 0.242 e. The Morgan fingerprint density at radius 1 is 1.00 bits per heavy atom. The van der Waals surface area contributed by atoms with Crippen molar-refractivity contribution in [2.24, 2.45) is 5.41 Å². The fourth-order valence-corrected chi connectivity index (χ4v) is 6.14. The zero-order chi connectivity index (χ0) is 28.8. The summed E-state index contributed by atoms with van der Waals surface area (Å²) in [4.78, 5) is 19.4. The first-order valence-corrected chi connectivity index (χ1v) is 15.6. The molecule has 4 rings (SSSR count). The number of nitrogens with one attached hydrogen (secondary N) is 2. The number of halogens is 1. The minimum atomic E-state index is -3.88. The van der Waals surface area contributed by atoms with Crippen molar-refractivity contribution in [3.8, 4) is 5.75 Å². The zero-order valence-electron chi connectivity index (χ0n) is 23.5. The topological polar surface area (TPSA) is 103 Å². The van der Waals surface area contributed by atoms with Crippen molar-refractivity contribution in [1.82, 2.24) is 9.62 Å². The third kappa shape index (κ3) is 7.38. The van der Waals surface area contributed by atoms with Crippen molar-refractivity contribution in [1.29, 1.82) is 0 Å². The summed E-state index contributed by atoms with van der Waals surface area (Å²) >= 11 is 5.98. The third-order valence-corrected chi connectivity index (χ3v) is 9.48. The summed E-state index contributed by atoms with van der Waals surface area (Å²) in [6, 6.07) is 13.0. The number of nitrogens with zero attached hydrogens (tertiary/aromatic N) is 3. The average molecular weight is 594 g/mol. The van der Waals surface area contributed by atoms with E-state index in [9.17, 15) is 13.2 Å². The van der Waals surface area contributed by atoms with Crippen molar-refractivity contribution in [3.05, 3.63) is 42.5 Å². The van der Waals surface area contributed by atoms with E-state index in [1.54, 1.807) is 39.2 Å². The molecule has 0 radical (unpaired) electrons. The molecule has 2 saturated heterocycles. The average Bonchev–Trinajstić information content (AvgIpc) is 2.97. The molecule has 0 spiro atoms. The maximum absolute atomic E-state index is 13.7. The van der Waals surface area contributed by atoms with Crippen molar-refractivity contribution in [3.63, 3.8) is 0 Å². The lowest BCUT2D eigenvalue weighted by atomic mass is 9.95. The van der Waals surface area contributed by atoms with E-state index >= 15 is 0 Å². The van der Waals surface area contributed by atoms with Crippen molar-refractivity contribution in [2.75, 3.05) is 93.7 Å². The lowest BCUT2D eigenvalue weighted by Gasteiger charge is -2.38. The van der Waals surface area contributed by atoms with Gasteiger partial charge in [-0.25, -0.2) is 13.1 Å². The van der Waals surface area contributed by atoms with Crippen LogP contribution in [0.5, 0.6) is 5.75 Å². The molecule has 0 atom stereocenters. The molecular formula is C28H40ClN5O5S. The second-order valence-electron chi connectivity index (χ2n) is 10.7. The van der Waals surface area contributed by atoms with Crippen LogP contribution in [0, 0.1) is 5.41 Å². The highest BCUT2D eigenvalue weighted by molar-refractivity contribution is 7.89. The van der Waals surface area contributed by atoms with E-state index in [0.29, 0.717) is 57.3 Å². The highest BCUT2D eigenvalue weighted by Crippen LogP contribution is 2.33. The number of hydrogen-bond donors (Lipinski definition) is 2. The summed E-state index contributed by atoms with van der Waals surface area (Å²) in [5.41, 5.74) is 1.23. The number of alkyl halides is 1. The van der Waals surface area contributed by atoms with Crippen LogP contribution in [0.2, 0.25) is 0 Å². The van der Waals surface area contributed by atoms with Gasteiger partial charge in [0.2, 0.25) is 15.9 Å². The van der Waals surface area contributed by atoms with Gasteiger partial charge >= 0.3 is 0 Å². The standard InChI is InChI=1S/C28H40ClN5O5S/c1-28(2,21-29)27(35)31-22-8-9-24(26(20-22)40(36,37)30-10-11-32-16-18-39-19-17-32)34-14-12-33(13-15-34)23-6-4-5-7-25(23)38-3/h4-9,20,30H,10-19,21H2,1-3H3,(H,31,35). The largest absolute Gasteiger partial charge is 0.495 e. The molecule has 40 heavy (non-hydrogen) atoms. The van der Waals surface area contributed by atoms with Gasteiger partial charge in [0.25, 0.3) is 0 Å². The van der Waals surface area contributed by atoms with E-state index in [1.165, 1.54) is 0 Å². The predicted molar refractivity (Wildman–Crippen MR) is 159 cm³/mol. The number of carbonyl (C=O) groups is 1. The van der Waals surface area contributed by atoms with Crippen LogP contribution in [0.25, 0.3) is 0 Å². The summed E-state index contributed by atoms with van der Waals surface area (Å²) in [5.74, 6) is 0.676. The number of methoxy groups -OCH3 is 1. The van der Waals surface area contributed by atoms with Crippen molar-refractivity contribution >= 4 is 44.6 Å². The highest BCUT2D eigenvalue weighted by Gasteiger charge is 2.29. The number of benzene rings is 2. The maximum Gasteiger partial charge on any atom is 0.242 e. The van der Waals surface area contributed by atoms with E-state index in [-0.39, 0.29) is 23.2 Å². The van der Waals surface area contributed by atoms with Crippen LogP contribution in [0.3, 0.4) is 0 Å². The maximum atomic E-state index is 13.7. The first-order chi connectivity index (χ1) is 19.1. The van der Waals surface area contributed by atoms with Crippen LogP contribution in [-0.2, 0) is 19.6 Å². The molecule has 2 aromatic carbocycles. The van der Waals surface area contributed by atoms with Gasteiger partial charge in [0.05, 0.1) is 37.1 Å². The van der Waals surface area contributed by atoms with Gasteiger partial charge in [-0.2, -0.15) is 0 Å². The Morgan fingerprint density at radius 3 is 2.30 bits per heavy atom. The molecule has 220 valence electrons. The molecule has 0 aromatic heterocycles. The fourth-order valence-electron chi connectivity index (χ4n) is 4.75. The molecule has 12 heteroatoms. The Morgan fingerprint density at radius 2 is 1.65 bits per heavy atom. The van der Waals surface area contributed by atoms with Gasteiger partial charge in [-0.15, -0.1) is 11.6 Å². The van der Waals surface area contributed by atoms with Gasteiger partial charge in [0.1, 0.15) is 10.6 Å². The summed E-state index contributed by atoms with van der Waals surface area (Å²) in [6.45, 7) is 9.87. The molecular weight excluding hydrogens is 554 g/mol. The lowest BCUT2D eigenvalue weighted by molar-refractivity contribution is -0.122. The van der Waals surface area contributed by atoms with E-state index in [1.807, 2.05) is 24.3 Å². The van der Waals surface area contributed by atoms with Crippen LogP contribution < -0.4 is 24.6 Å². The number of sulfonamides is 1. The fraction of sp³-hybridized carbons (Fsp3) is 0.536. The molecule has 2 aliphatic heterocycles. The number of piperazine rings is 1. The summed E-state index contributed by atoms with van der Waals surface area (Å²) < 4.78 is 41.0. The molecule has 2 fully saturated rings. The van der Waals surface area contributed by atoms with Crippen LogP contribution >= 0.6 is 11.6 Å². The number of hydrogen-bond acceptors (Lipinski definition) is 8. The van der Waals surface area contributed by atoms with Crippen molar-refractivity contribution in [2.45, 2.75) is 18.7 Å². The van der Waals surface area contributed by atoms with Crippen molar-refractivity contribution < 1.29 is 22.7 Å². The van der Waals surface area contributed by atoms with E-state index in [4.69, 9.17) is 21.1 Å². The molecule has 2 heterocycles. The quantitative estimate of drug-likeness (QED) is 0.384. The normalized spacial score (nSPS) is 17.1.